The molecule has 1 aromatic rings. The highest BCUT2D eigenvalue weighted by Crippen LogP contribution is 2.44. The third-order valence-electron chi connectivity index (χ3n) is 4.25. The van der Waals surface area contributed by atoms with Crippen LogP contribution in [0.4, 0.5) is 5.00 Å². The molecule has 1 fully saturated rings. The number of nitrogens with zero attached hydrogens (tertiary/aromatic N) is 2. The van der Waals surface area contributed by atoms with Crippen molar-refractivity contribution < 1.29 is 9.59 Å². The minimum Gasteiger partial charge on any atom is -0.274 e. The maximum Gasteiger partial charge on any atom is 0.238 e. The maximum absolute atomic E-state index is 12.6. The zero-order valence-electron chi connectivity index (χ0n) is 11.6. The lowest BCUT2D eigenvalue weighted by Gasteiger charge is -2.17. The van der Waals surface area contributed by atoms with Gasteiger partial charge in [0, 0.05) is 9.91 Å². The summed E-state index contributed by atoms with van der Waals surface area (Å²) in [6, 6.07) is 2.12. The third kappa shape index (κ3) is 2.02. The molecule has 2 atom stereocenters. The number of nitriles is 1. The summed E-state index contributed by atoms with van der Waals surface area (Å²) < 4.78 is 0. The van der Waals surface area contributed by atoms with E-state index in [-0.39, 0.29) is 23.7 Å². The molecule has 21 heavy (non-hydrogen) atoms. The van der Waals surface area contributed by atoms with E-state index in [1.807, 2.05) is 19.9 Å². The molecule has 2 amide bonds. The van der Waals surface area contributed by atoms with E-state index >= 15 is 0 Å². The summed E-state index contributed by atoms with van der Waals surface area (Å²) in [6.45, 7) is 3.73. The molecular weight excluding hydrogens is 308 g/mol. The third-order valence-corrected chi connectivity index (χ3v) is 5.75. The van der Waals surface area contributed by atoms with Crippen molar-refractivity contribution in [3.8, 4) is 6.07 Å². The molecule has 6 heteroatoms. The molecule has 108 valence electrons. The first-order chi connectivity index (χ1) is 9.95. The highest BCUT2D eigenvalue weighted by molar-refractivity contribution is 7.17. The minimum absolute atomic E-state index is 0.205. The Balaban J connectivity index is 2.06. The van der Waals surface area contributed by atoms with E-state index in [4.69, 9.17) is 11.6 Å². The Morgan fingerprint density at radius 1 is 1.33 bits per heavy atom. The van der Waals surface area contributed by atoms with Crippen molar-refractivity contribution in [1.82, 2.24) is 0 Å². The Kier molecular flexibility index (Phi) is 3.39. The monoisotopic (exact) mass is 320 g/mol. The highest BCUT2D eigenvalue weighted by atomic mass is 35.5. The second kappa shape index (κ2) is 4.97. The van der Waals surface area contributed by atoms with Crippen LogP contribution in [0.15, 0.2) is 11.1 Å². The fourth-order valence-corrected chi connectivity index (χ4v) is 4.30. The topological polar surface area (TPSA) is 61.2 Å². The largest absolute Gasteiger partial charge is 0.274 e. The van der Waals surface area contributed by atoms with Gasteiger partial charge in [-0.2, -0.15) is 5.26 Å². The summed E-state index contributed by atoms with van der Waals surface area (Å²) in [4.78, 5) is 27.3. The summed E-state index contributed by atoms with van der Waals surface area (Å²) in [6.07, 6.45) is 2.72. The van der Waals surface area contributed by atoms with Gasteiger partial charge in [0.2, 0.25) is 11.8 Å². The summed E-state index contributed by atoms with van der Waals surface area (Å²) in [5, 5.41) is 10.4. The highest BCUT2D eigenvalue weighted by Gasteiger charge is 2.50. The Hall–Kier alpha value is -1.64. The SMILES string of the molecule is Cc1sc(N2C(=O)[C@H]3CC=C(Cl)C[C@@H]3C2=O)c(C#N)c1C. The number of thiophene rings is 1. The Morgan fingerprint density at radius 2 is 2.00 bits per heavy atom. The molecule has 1 saturated heterocycles. The number of hydrogen-bond acceptors (Lipinski definition) is 4. The van der Waals surface area contributed by atoms with Gasteiger partial charge in [-0.25, -0.2) is 4.90 Å². The Morgan fingerprint density at radius 3 is 2.67 bits per heavy atom. The van der Waals surface area contributed by atoms with Gasteiger partial charge in [0.25, 0.3) is 0 Å². The average molecular weight is 321 g/mol. The van der Waals surface area contributed by atoms with Crippen molar-refractivity contribution >= 4 is 39.8 Å². The molecule has 0 aromatic carbocycles. The van der Waals surface area contributed by atoms with Crippen molar-refractivity contribution in [3.63, 3.8) is 0 Å². The Labute approximate surface area is 131 Å². The summed E-state index contributed by atoms with van der Waals surface area (Å²) >= 11 is 7.34. The standard InChI is InChI=1S/C15H13ClN2O2S/c1-7-8(2)21-15(12(7)6-17)18-13(19)10-4-3-9(16)5-11(10)14(18)20/h3,10-11H,4-5H2,1-2H3/t10-,11-/m0/s1. The summed E-state index contributed by atoms with van der Waals surface area (Å²) in [7, 11) is 0. The number of amides is 2. The van der Waals surface area contributed by atoms with Gasteiger partial charge in [-0.3, -0.25) is 9.59 Å². The van der Waals surface area contributed by atoms with Gasteiger partial charge in [0.15, 0.2) is 0 Å². The van der Waals surface area contributed by atoms with Crippen LogP contribution in [-0.2, 0) is 9.59 Å². The van der Waals surface area contributed by atoms with E-state index in [0.717, 1.165) is 10.4 Å². The molecule has 1 aromatic heterocycles. The summed E-state index contributed by atoms with van der Waals surface area (Å²) in [5.41, 5.74) is 1.26. The second-order valence-electron chi connectivity index (χ2n) is 5.39. The summed E-state index contributed by atoms with van der Waals surface area (Å²) in [5.74, 6) is -1.16. The van der Waals surface area contributed by atoms with Crippen molar-refractivity contribution in [2.24, 2.45) is 11.8 Å². The van der Waals surface area contributed by atoms with Crippen LogP contribution < -0.4 is 4.90 Å². The molecule has 0 bridgehead atoms. The van der Waals surface area contributed by atoms with Crippen LogP contribution in [-0.4, -0.2) is 11.8 Å². The molecule has 0 saturated carbocycles. The van der Waals surface area contributed by atoms with E-state index in [1.54, 1.807) is 0 Å². The number of halogens is 1. The molecule has 2 aliphatic rings. The predicted octanol–water partition coefficient (Wildman–Crippen LogP) is 3.26. The average Bonchev–Trinajstić information content (AvgIpc) is 2.86. The van der Waals surface area contributed by atoms with Gasteiger partial charge in [-0.15, -0.1) is 11.3 Å². The zero-order valence-corrected chi connectivity index (χ0v) is 13.2. The number of hydrogen-bond donors (Lipinski definition) is 0. The molecule has 3 rings (SSSR count). The van der Waals surface area contributed by atoms with Crippen LogP contribution in [0, 0.1) is 37.0 Å². The van der Waals surface area contributed by atoms with Gasteiger partial charge in [-0.1, -0.05) is 17.7 Å². The Bertz CT molecular complexity index is 729. The molecule has 0 radical (unpaired) electrons. The zero-order chi connectivity index (χ0) is 15.3. The fraction of sp³-hybridized carbons (Fsp3) is 0.400. The van der Waals surface area contributed by atoms with Gasteiger partial charge in [0.1, 0.15) is 11.1 Å². The van der Waals surface area contributed by atoms with Crippen molar-refractivity contribution in [2.45, 2.75) is 26.7 Å². The second-order valence-corrected chi connectivity index (χ2v) is 7.08. The molecule has 4 nitrogen and oxygen atoms in total. The molecule has 1 aliphatic heterocycles. The van der Waals surface area contributed by atoms with Crippen LogP contribution in [0.2, 0.25) is 0 Å². The van der Waals surface area contributed by atoms with Gasteiger partial charge in [0.05, 0.1) is 17.4 Å². The van der Waals surface area contributed by atoms with E-state index in [0.29, 0.717) is 28.4 Å². The van der Waals surface area contributed by atoms with E-state index in [2.05, 4.69) is 6.07 Å². The molecular formula is C15H13ClN2O2S. The first kappa shape index (κ1) is 14.3. The smallest absolute Gasteiger partial charge is 0.238 e. The number of aryl methyl sites for hydroxylation is 1. The van der Waals surface area contributed by atoms with Crippen LogP contribution >= 0.6 is 22.9 Å². The maximum atomic E-state index is 12.6. The lowest BCUT2D eigenvalue weighted by Crippen LogP contribution is -2.30. The number of rotatable bonds is 1. The predicted molar refractivity (Wildman–Crippen MR) is 81.2 cm³/mol. The lowest BCUT2D eigenvalue weighted by atomic mass is 9.85. The first-order valence-electron chi connectivity index (χ1n) is 6.68. The molecule has 0 spiro atoms. The molecule has 0 unspecified atom stereocenters. The van der Waals surface area contributed by atoms with Crippen LogP contribution in [0.3, 0.4) is 0 Å². The molecule has 0 N–H and O–H groups in total. The number of carbonyl (C=O) groups is 2. The number of carbonyl (C=O) groups excluding carboxylic acids is 2. The number of allylic oxidation sites excluding steroid dienone is 2. The number of fused-ring (bicyclic) bond motifs is 1. The van der Waals surface area contributed by atoms with Gasteiger partial charge in [-0.05, 0) is 32.3 Å². The van der Waals surface area contributed by atoms with Crippen LogP contribution in [0.25, 0.3) is 0 Å². The van der Waals surface area contributed by atoms with Crippen LogP contribution in [0.1, 0.15) is 28.8 Å². The van der Waals surface area contributed by atoms with Gasteiger partial charge < -0.3 is 0 Å². The molecule has 1 aliphatic carbocycles. The van der Waals surface area contributed by atoms with E-state index < -0.39 is 0 Å². The van der Waals surface area contributed by atoms with E-state index in [1.165, 1.54) is 16.2 Å². The van der Waals surface area contributed by atoms with Crippen LogP contribution in [0.5, 0.6) is 0 Å². The fourth-order valence-electron chi connectivity index (χ4n) is 2.93. The quantitative estimate of drug-likeness (QED) is 0.746. The number of imide groups is 1. The van der Waals surface area contributed by atoms with Crippen molar-refractivity contribution in [1.29, 1.82) is 5.26 Å². The number of anilines is 1. The molecule has 2 heterocycles. The van der Waals surface area contributed by atoms with E-state index in [9.17, 15) is 14.9 Å². The van der Waals surface area contributed by atoms with Gasteiger partial charge >= 0.3 is 0 Å². The van der Waals surface area contributed by atoms with Crippen molar-refractivity contribution in [2.75, 3.05) is 4.90 Å². The normalized spacial score (nSPS) is 24.9. The minimum atomic E-state index is -0.385. The van der Waals surface area contributed by atoms with Crippen molar-refractivity contribution in [3.05, 3.63) is 27.1 Å². The first-order valence-corrected chi connectivity index (χ1v) is 7.87. The lowest BCUT2D eigenvalue weighted by molar-refractivity contribution is -0.122.